The molecule has 0 aliphatic rings. The van der Waals surface area contributed by atoms with Gasteiger partial charge < -0.3 is 5.32 Å². The number of benzene rings is 3. The lowest BCUT2D eigenvalue weighted by Crippen LogP contribution is -2.28. The molecule has 1 unspecified atom stereocenters. The third kappa shape index (κ3) is 5.81. The Balaban J connectivity index is 1.59. The molecular formula is C26H24Cl2N4OS. The zero-order chi connectivity index (χ0) is 24.1. The molecule has 0 bridgehead atoms. The summed E-state index contributed by atoms with van der Waals surface area (Å²) in [5, 5.41) is 12.3. The Bertz CT molecular complexity index is 1290. The molecule has 4 rings (SSSR count). The standard InChI is InChI=1S/C26H24Cl2N4OS/c1-17-7-6-8-19(13-17)16-34-26-31-30-23(32(26)22-14-21(27)12-11-18(22)2)15-29-25(33)24(28)20-9-4-3-5-10-20/h3-14,24H,15-16H2,1-2H3,(H,29,33). The van der Waals surface area contributed by atoms with Crippen LogP contribution in [0, 0.1) is 13.8 Å². The van der Waals surface area contributed by atoms with E-state index in [1.54, 1.807) is 11.8 Å². The summed E-state index contributed by atoms with van der Waals surface area (Å²) >= 11 is 14.3. The van der Waals surface area contributed by atoms with Crippen LogP contribution in [0.15, 0.2) is 78.0 Å². The van der Waals surface area contributed by atoms with Gasteiger partial charge in [0.25, 0.3) is 0 Å². The highest BCUT2D eigenvalue weighted by Gasteiger charge is 2.21. The molecule has 0 aliphatic heterocycles. The van der Waals surface area contributed by atoms with Crippen molar-refractivity contribution in [1.29, 1.82) is 0 Å². The highest BCUT2D eigenvalue weighted by atomic mass is 35.5. The Hall–Kier alpha value is -2.80. The second-order valence-electron chi connectivity index (χ2n) is 7.93. The van der Waals surface area contributed by atoms with E-state index in [-0.39, 0.29) is 12.5 Å². The average molecular weight is 511 g/mol. The maximum absolute atomic E-state index is 12.7. The molecule has 1 amide bonds. The van der Waals surface area contributed by atoms with E-state index in [0.29, 0.717) is 10.8 Å². The van der Waals surface area contributed by atoms with E-state index in [0.717, 1.165) is 27.7 Å². The highest BCUT2D eigenvalue weighted by Crippen LogP contribution is 2.29. The number of hydrogen-bond acceptors (Lipinski definition) is 4. The number of aryl methyl sites for hydroxylation is 2. The van der Waals surface area contributed by atoms with Gasteiger partial charge in [0.1, 0.15) is 5.38 Å². The second kappa shape index (κ2) is 11.1. The highest BCUT2D eigenvalue weighted by molar-refractivity contribution is 7.98. The fourth-order valence-corrected chi connectivity index (χ4v) is 4.85. The lowest BCUT2D eigenvalue weighted by Gasteiger charge is -2.15. The SMILES string of the molecule is Cc1cccc(CSc2nnc(CNC(=O)C(Cl)c3ccccc3)n2-c2cc(Cl)ccc2C)c1. The van der Waals surface area contributed by atoms with Gasteiger partial charge in [-0.2, -0.15) is 0 Å². The van der Waals surface area contributed by atoms with Crippen LogP contribution in [0.4, 0.5) is 0 Å². The van der Waals surface area contributed by atoms with Crippen LogP contribution in [0.1, 0.15) is 33.5 Å². The molecule has 0 saturated carbocycles. The first kappa shape index (κ1) is 24.3. The smallest absolute Gasteiger partial charge is 0.242 e. The molecule has 5 nitrogen and oxygen atoms in total. The van der Waals surface area contributed by atoms with Gasteiger partial charge in [-0.25, -0.2) is 0 Å². The van der Waals surface area contributed by atoms with Crippen molar-refractivity contribution >= 4 is 40.9 Å². The van der Waals surface area contributed by atoms with Gasteiger partial charge in [-0.15, -0.1) is 21.8 Å². The molecule has 8 heteroatoms. The number of thioether (sulfide) groups is 1. The van der Waals surface area contributed by atoms with Crippen LogP contribution in [0.25, 0.3) is 5.69 Å². The van der Waals surface area contributed by atoms with E-state index < -0.39 is 5.38 Å². The van der Waals surface area contributed by atoms with Crippen LogP contribution in [0.5, 0.6) is 0 Å². The summed E-state index contributed by atoms with van der Waals surface area (Å²) in [4.78, 5) is 12.7. The van der Waals surface area contributed by atoms with Crippen LogP contribution >= 0.6 is 35.0 Å². The second-order valence-corrected chi connectivity index (χ2v) is 9.75. The summed E-state index contributed by atoms with van der Waals surface area (Å²) in [7, 11) is 0. The zero-order valence-electron chi connectivity index (χ0n) is 18.8. The molecule has 0 radical (unpaired) electrons. The Morgan fingerprint density at radius 1 is 1.03 bits per heavy atom. The molecule has 1 atom stereocenters. The molecule has 34 heavy (non-hydrogen) atoms. The quantitative estimate of drug-likeness (QED) is 0.219. The fraction of sp³-hybridized carbons (Fsp3) is 0.192. The molecule has 1 N–H and O–H groups in total. The number of hydrogen-bond donors (Lipinski definition) is 1. The first-order valence-corrected chi connectivity index (χ1v) is 12.6. The maximum Gasteiger partial charge on any atom is 0.242 e. The van der Waals surface area contributed by atoms with Crippen LogP contribution in [-0.2, 0) is 17.1 Å². The average Bonchev–Trinajstić information content (AvgIpc) is 3.25. The predicted octanol–water partition coefficient (Wildman–Crippen LogP) is 6.43. The fourth-order valence-electron chi connectivity index (χ4n) is 3.55. The normalized spacial score (nSPS) is 11.9. The van der Waals surface area contributed by atoms with Crippen molar-refractivity contribution in [3.63, 3.8) is 0 Å². The number of halogens is 2. The number of nitrogens with zero attached hydrogens (tertiary/aromatic N) is 3. The number of aromatic nitrogens is 3. The van der Waals surface area contributed by atoms with Gasteiger partial charge in [-0.05, 0) is 42.7 Å². The number of carbonyl (C=O) groups excluding carboxylic acids is 1. The summed E-state index contributed by atoms with van der Waals surface area (Å²) in [5.74, 6) is 1.05. The van der Waals surface area contributed by atoms with Gasteiger partial charge in [-0.3, -0.25) is 9.36 Å². The molecule has 4 aromatic rings. The molecule has 0 spiro atoms. The number of alkyl halides is 1. The summed E-state index contributed by atoms with van der Waals surface area (Å²) in [6.07, 6.45) is 0. The maximum atomic E-state index is 12.7. The van der Waals surface area contributed by atoms with Gasteiger partial charge in [0.2, 0.25) is 5.91 Å². The first-order chi connectivity index (χ1) is 16.4. The van der Waals surface area contributed by atoms with Crippen molar-refractivity contribution in [2.75, 3.05) is 0 Å². The van der Waals surface area contributed by atoms with Crippen molar-refractivity contribution in [1.82, 2.24) is 20.1 Å². The van der Waals surface area contributed by atoms with Crippen LogP contribution < -0.4 is 5.32 Å². The summed E-state index contributed by atoms with van der Waals surface area (Å²) in [6.45, 7) is 4.26. The molecule has 0 saturated heterocycles. The number of carbonyl (C=O) groups is 1. The van der Waals surface area contributed by atoms with E-state index in [2.05, 4.69) is 40.6 Å². The molecular weight excluding hydrogens is 487 g/mol. The predicted molar refractivity (Wildman–Crippen MR) is 139 cm³/mol. The summed E-state index contributed by atoms with van der Waals surface area (Å²) < 4.78 is 1.95. The molecule has 174 valence electrons. The Morgan fingerprint density at radius 2 is 1.82 bits per heavy atom. The first-order valence-electron chi connectivity index (χ1n) is 10.8. The molecule has 3 aromatic carbocycles. The van der Waals surface area contributed by atoms with Crippen LogP contribution in [0.2, 0.25) is 5.02 Å². The van der Waals surface area contributed by atoms with E-state index in [4.69, 9.17) is 23.2 Å². The number of amides is 1. The van der Waals surface area contributed by atoms with Crippen molar-refractivity contribution in [3.05, 3.63) is 106 Å². The Kier molecular flexibility index (Phi) is 7.93. The van der Waals surface area contributed by atoms with Crippen molar-refractivity contribution in [3.8, 4) is 5.69 Å². The Morgan fingerprint density at radius 3 is 2.59 bits per heavy atom. The third-order valence-electron chi connectivity index (χ3n) is 5.31. The molecule has 1 heterocycles. The minimum absolute atomic E-state index is 0.179. The van der Waals surface area contributed by atoms with Crippen molar-refractivity contribution in [2.24, 2.45) is 0 Å². The zero-order valence-corrected chi connectivity index (χ0v) is 21.2. The summed E-state index contributed by atoms with van der Waals surface area (Å²) in [6, 6.07) is 23.3. The van der Waals surface area contributed by atoms with Crippen LogP contribution in [0.3, 0.4) is 0 Å². The Labute approximate surface area is 213 Å². The monoisotopic (exact) mass is 510 g/mol. The van der Waals surface area contributed by atoms with Gasteiger partial charge in [0.05, 0.1) is 12.2 Å². The lowest BCUT2D eigenvalue weighted by atomic mass is 10.1. The third-order valence-corrected chi connectivity index (χ3v) is 6.99. The van der Waals surface area contributed by atoms with E-state index >= 15 is 0 Å². The van der Waals surface area contributed by atoms with E-state index in [1.807, 2.05) is 66.1 Å². The molecule has 0 fully saturated rings. The van der Waals surface area contributed by atoms with Gasteiger partial charge in [0.15, 0.2) is 11.0 Å². The largest absolute Gasteiger partial charge is 0.347 e. The van der Waals surface area contributed by atoms with Gasteiger partial charge in [0, 0.05) is 10.8 Å². The minimum atomic E-state index is -0.791. The van der Waals surface area contributed by atoms with Crippen LogP contribution in [-0.4, -0.2) is 20.7 Å². The van der Waals surface area contributed by atoms with Gasteiger partial charge in [-0.1, -0.05) is 89.6 Å². The molecule has 0 aliphatic carbocycles. The van der Waals surface area contributed by atoms with E-state index in [1.165, 1.54) is 11.1 Å². The number of rotatable bonds is 8. The minimum Gasteiger partial charge on any atom is -0.347 e. The number of nitrogens with one attached hydrogen (secondary N) is 1. The van der Waals surface area contributed by atoms with Gasteiger partial charge >= 0.3 is 0 Å². The lowest BCUT2D eigenvalue weighted by molar-refractivity contribution is -0.121. The van der Waals surface area contributed by atoms with Crippen molar-refractivity contribution < 1.29 is 4.79 Å². The van der Waals surface area contributed by atoms with E-state index in [9.17, 15) is 4.79 Å². The van der Waals surface area contributed by atoms with Crippen molar-refractivity contribution in [2.45, 2.75) is 36.7 Å². The summed E-state index contributed by atoms with van der Waals surface area (Å²) in [5.41, 5.74) is 5.05. The molecule has 1 aromatic heterocycles. The topological polar surface area (TPSA) is 59.8 Å².